The van der Waals surface area contributed by atoms with Crippen LogP contribution in [0.5, 0.6) is 0 Å². The molecule has 3 aliphatic carbocycles. The number of aromatic nitrogens is 1. The minimum Gasteiger partial charge on any atom is -0.301 e. The summed E-state index contributed by atoms with van der Waals surface area (Å²) in [5, 5.41) is 10.7. The van der Waals surface area contributed by atoms with Crippen molar-refractivity contribution in [2.45, 2.75) is 30.6 Å². The van der Waals surface area contributed by atoms with Crippen molar-refractivity contribution in [3.8, 4) is 11.3 Å². The second-order valence-corrected chi connectivity index (χ2v) is 12.8. The quantitative estimate of drug-likeness (QED) is 0.231. The predicted octanol–water partition coefficient (Wildman–Crippen LogP) is 8.65. The third kappa shape index (κ3) is 2.65. The highest BCUT2D eigenvalue weighted by Gasteiger charge is 2.76. The molecular weight excluding hydrogens is 508 g/mol. The molecule has 3 nitrogen and oxygen atoms in total. The second-order valence-electron chi connectivity index (χ2n) is 11.9. The van der Waals surface area contributed by atoms with Crippen LogP contribution in [0.15, 0.2) is 109 Å². The number of thiazole rings is 1. The summed E-state index contributed by atoms with van der Waals surface area (Å²) in [7, 11) is 0. The molecule has 1 amide bonds. The summed E-state index contributed by atoms with van der Waals surface area (Å²) >= 11 is 1.51. The van der Waals surface area contributed by atoms with Crippen molar-refractivity contribution >= 4 is 43.9 Å². The normalized spacial score (nSPS) is 25.3. The SMILES string of the molecule is CC1(C(=O)Nc2nc(-c3c4ccccc4cc4ccccc34)cs2)CC23c4ccccc4C2c2ccccc2C13. The zero-order valence-corrected chi connectivity index (χ0v) is 22.8. The first-order chi connectivity index (χ1) is 19.6. The van der Waals surface area contributed by atoms with E-state index in [0.717, 1.165) is 17.7 Å². The summed E-state index contributed by atoms with van der Waals surface area (Å²) in [4.78, 5) is 19.1. The first kappa shape index (κ1) is 22.5. The van der Waals surface area contributed by atoms with Gasteiger partial charge in [-0.2, -0.15) is 0 Å². The number of carbonyl (C=O) groups excluding carboxylic acids is 1. The van der Waals surface area contributed by atoms with Crippen LogP contribution in [-0.4, -0.2) is 10.9 Å². The summed E-state index contributed by atoms with van der Waals surface area (Å²) in [6.45, 7) is 2.16. The van der Waals surface area contributed by atoms with Gasteiger partial charge in [-0.3, -0.25) is 4.79 Å². The molecule has 0 bridgehead atoms. The van der Waals surface area contributed by atoms with E-state index < -0.39 is 5.41 Å². The summed E-state index contributed by atoms with van der Waals surface area (Å²) in [6.07, 6.45) is 0.860. The molecule has 1 fully saturated rings. The standard InChI is InChI=1S/C36H26N2OS/c1-35(20-36-28-17-9-8-16-27(28)31(36)25-14-6-7-15-26(25)32(35)36)33(39)38-34-37-29(19-40-34)30-23-12-4-2-10-21(23)18-22-11-3-5-13-24(22)30/h2-19,31-32H,20H2,1H3,(H,37,38,39). The lowest BCUT2D eigenvalue weighted by Crippen LogP contribution is -2.64. The molecule has 192 valence electrons. The summed E-state index contributed by atoms with van der Waals surface area (Å²) in [5.74, 6) is 0.654. The molecule has 1 heterocycles. The number of nitrogens with one attached hydrogen (secondary N) is 1. The van der Waals surface area contributed by atoms with Crippen molar-refractivity contribution in [2.24, 2.45) is 5.41 Å². The summed E-state index contributed by atoms with van der Waals surface area (Å²) in [6, 6.07) is 36.8. The number of rotatable bonds is 3. The molecule has 0 saturated heterocycles. The molecule has 1 spiro atoms. The Bertz CT molecular complexity index is 1990. The Morgan fingerprint density at radius 1 is 0.825 bits per heavy atom. The fourth-order valence-corrected chi connectivity index (χ4v) is 9.28. The fraction of sp³-hybridized carbons (Fsp3) is 0.167. The fourth-order valence-electron chi connectivity index (χ4n) is 8.59. The van der Waals surface area contributed by atoms with Crippen molar-refractivity contribution in [3.63, 3.8) is 0 Å². The average molecular weight is 535 g/mol. The van der Waals surface area contributed by atoms with Crippen LogP contribution in [0, 0.1) is 5.41 Å². The first-order valence-corrected chi connectivity index (χ1v) is 14.8. The van der Waals surface area contributed by atoms with Crippen LogP contribution in [-0.2, 0) is 10.2 Å². The van der Waals surface area contributed by atoms with Crippen LogP contribution in [0.4, 0.5) is 5.13 Å². The molecule has 6 aromatic rings. The molecule has 1 saturated carbocycles. The van der Waals surface area contributed by atoms with Gasteiger partial charge in [0, 0.05) is 28.2 Å². The van der Waals surface area contributed by atoms with E-state index in [2.05, 4.69) is 121 Å². The van der Waals surface area contributed by atoms with E-state index in [0.29, 0.717) is 11.0 Å². The number of carbonyl (C=O) groups is 1. The van der Waals surface area contributed by atoms with E-state index in [9.17, 15) is 4.79 Å². The number of hydrogen-bond donors (Lipinski definition) is 1. The van der Waals surface area contributed by atoms with Gasteiger partial charge in [0.25, 0.3) is 0 Å². The third-order valence-corrected chi connectivity index (χ3v) is 10.7. The van der Waals surface area contributed by atoms with Crippen molar-refractivity contribution < 1.29 is 4.79 Å². The molecule has 4 unspecified atom stereocenters. The van der Waals surface area contributed by atoms with E-state index in [1.165, 1.54) is 55.1 Å². The van der Waals surface area contributed by atoms with Gasteiger partial charge in [0.2, 0.25) is 5.91 Å². The van der Waals surface area contributed by atoms with Crippen molar-refractivity contribution in [1.82, 2.24) is 4.98 Å². The van der Waals surface area contributed by atoms with Gasteiger partial charge in [-0.1, -0.05) is 104 Å². The molecule has 9 rings (SSSR count). The molecule has 5 aromatic carbocycles. The number of benzene rings is 5. The van der Waals surface area contributed by atoms with Gasteiger partial charge in [-0.15, -0.1) is 11.3 Å². The minimum atomic E-state index is -0.490. The summed E-state index contributed by atoms with van der Waals surface area (Å²) < 4.78 is 0. The van der Waals surface area contributed by atoms with Crippen LogP contribution in [0.3, 0.4) is 0 Å². The number of fused-ring (bicyclic) bond motifs is 7. The lowest BCUT2D eigenvalue weighted by molar-refractivity contribution is -0.138. The third-order valence-electron chi connectivity index (χ3n) is 9.99. The molecule has 4 atom stereocenters. The first-order valence-electron chi connectivity index (χ1n) is 14.0. The van der Waals surface area contributed by atoms with Crippen LogP contribution in [0.2, 0.25) is 0 Å². The molecular formula is C36H26N2OS. The second kappa shape index (κ2) is 7.67. The zero-order valence-electron chi connectivity index (χ0n) is 22.0. The molecule has 1 aromatic heterocycles. The van der Waals surface area contributed by atoms with Gasteiger partial charge in [-0.05, 0) is 56.3 Å². The van der Waals surface area contributed by atoms with Crippen molar-refractivity contribution in [1.29, 1.82) is 0 Å². The van der Waals surface area contributed by atoms with E-state index in [1.54, 1.807) is 0 Å². The van der Waals surface area contributed by atoms with Gasteiger partial charge in [-0.25, -0.2) is 4.98 Å². The number of hydrogen-bond acceptors (Lipinski definition) is 3. The van der Waals surface area contributed by atoms with Gasteiger partial charge in [0.1, 0.15) is 0 Å². The molecule has 0 radical (unpaired) electrons. The molecule has 0 aliphatic heterocycles. The molecule has 1 N–H and O–H groups in total. The number of anilines is 1. The Hall–Kier alpha value is -4.28. The van der Waals surface area contributed by atoms with Crippen LogP contribution < -0.4 is 5.32 Å². The van der Waals surface area contributed by atoms with E-state index >= 15 is 0 Å². The topological polar surface area (TPSA) is 42.0 Å². The molecule has 3 aliphatic rings. The average Bonchev–Trinajstić information content (AvgIpc) is 3.50. The maximum Gasteiger partial charge on any atom is 0.232 e. The lowest BCUT2D eigenvalue weighted by Gasteiger charge is -2.65. The molecule has 4 heteroatoms. The highest BCUT2D eigenvalue weighted by molar-refractivity contribution is 7.14. The van der Waals surface area contributed by atoms with Gasteiger partial charge >= 0.3 is 0 Å². The maximum absolute atomic E-state index is 14.1. The highest BCUT2D eigenvalue weighted by atomic mass is 32.1. The highest BCUT2D eigenvalue weighted by Crippen LogP contribution is 2.80. The Kier molecular flexibility index (Phi) is 4.32. The van der Waals surface area contributed by atoms with Gasteiger partial charge in [0.05, 0.1) is 11.1 Å². The Labute approximate surface area is 236 Å². The van der Waals surface area contributed by atoms with Crippen LogP contribution in [0.25, 0.3) is 32.8 Å². The number of nitrogens with zero attached hydrogens (tertiary/aromatic N) is 1. The van der Waals surface area contributed by atoms with Crippen molar-refractivity contribution in [3.05, 3.63) is 131 Å². The largest absolute Gasteiger partial charge is 0.301 e. The summed E-state index contributed by atoms with van der Waals surface area (Å²) in [5.41, 5.74) is 7.20. The molecule has 40 heavy (non-hydrogen) atoms. The number of amides is 1. The smallest absolute Gasteiger partial charge is 0.232 e. The minimum absolute atomic E-state index is 0.0439. The van der Waals surface area contributed by atoms with Gasteiger partial charge < -0.3 is 5.32 Å². The Balaban J connectivity index is 1.09. The Morgan fingerprint density at radius 3 is 2.20 bits per heavy atom. The monoisotopic (exact) mass is 534 g/mol. The lowest BCUT2D eigenvalue weighted by atomic mass is 9.36. The van der Waals surface area contributed by atoms with E-state index in [-0.39, 0.29) is 17.2 Å². The van der Waals surface area contributed by atoms with E-state index in [4.69, 9.17) is 4.98 Å². The predicted molar refractivity (Wildman–Crippen MR) is 163 cm³/mol. The van der Waals surface area contributed by atoms with Crippen LogP contribution >= 0.6 is 11.3 Å². The Morgan fingerprint density at radius 2 is 1.45 bits per heavy atom. The maximum atomic E-state index is 14.1. The van der Waals surface area contributed by atoms with Gasteiger partial charge in [0.15, 0.2) is 5.13 Å². The van der Waals surface area contributed by atoms with Crippen molar-refractivity contribution in [2.75, 3.05) is 5.32 Å². The van der Waals surface area contributed by atoms with Crippen LogP contribution in [0.1, 0.15) is 47.4 Å². The van der Waals surface area contributed by atoms with E-state index in [1.807, 2.05) is 0 Å². The zero-order chi connectivity index (χ0) is 26.6.